The van der Waals surface area contributed by atoms with E-state index >= 15 is 0 Å². The molecule has 0 fully saturated rings. The Hall–Kier alpha value is -1.36. The van der Waals surface area contributed by atoms with Crippen LogP contribution in [0.5, 0.6) is 0 Å². The van der Waals surface area contributed by atoms with Crippen LogP contribution in [0.4, 0.5) is 10.1 Å². The summed E-state index contributed by atoms with van der Waals surface area (Å²) in [7, 11) is 0. The van der Waals surface area contributed by atoms with Crippen molar-refractivity contribution in [3.63, 3.8) is 0 Å². The second-order valence-electron chi connectivity index (χ2n) is 3.14. The molecule has 0 aliphatic rings. The van der Waals surface area contributed by atoms with Crippen molar-refractivity contribution in [2.24, 2.45) is 0 Å². The quantitative estimate of drug-likeness (QED) is 0.810. The predicted octanol–water partition coefficient (Wildman–Crippen LogP) is 3.13. The number of nitrogens with two attached hydrogens (primary N) is 1. The fraction of sp³-hybridized carbons (Fsp3) is 0.100. The number of aromatic nitrogens is 1. The van der Waals surface area contributed by atoms with Gasteiger partial charge in [0.25, 0.3) is 0 Å². The molecule has 2 aromatic rings. The minimum absolute atomic E-state index is 0.368. The second kappa shape index (κ2) is 3.66. The van der Waals surface area contributed by atoms with Crippen LogP contribution in [-0.2, 0) is 0 Å². The normalized spacial score (nSPS) is 10.6. The highest BCUT2D eigenvalue weighted by Crippen LogP contribution is 2.32. The number of aryl methyl sites for hydroxylation is 1. The molecule has 15 heavy (non-hydrogen) atoms. The Labute approximate surface area is 94.2 Å². The average molecular weight is 271 g/mol. The van der Waals surface area contributed by atoms with Gasteiger partial charge in [0.2, 0.25) is 0 Å². The van der Waals surface area contributed by atoms with Crippen LogP contribution in [0.25, 0.3) is 11.3 Å². The maximum atomic E-state index is 13.5. The van der Waals surface area contributed by atoms with Gasteiger partial charge >= 0.3 is 0 Å². The Balaban J connectivity index is 2.59. The van der Waals surface area contributed by atoms with Gasteiger partial charge in [-0.15, -0.1) is 0 Å². The third-order valence-electron chi connectivity index (χ3n) is 2.04. The lowest BCUT2D eigenvalue weighted by atomic mass is 10.1. The van der Waals surface area contributed by atoms with Crippen LogP contribution in [0.2, 0.25) is 0 Å². The van der Waals surface area contributed by atoms with Crippen LogP contribution in [-0.4, -0.2) is 5.16 Å². The maximum absolute atomic E-state index is 13.5. The summed E-state index contributed by atoms with van der Waals surface area (Å²) in [4.78, 5) is 0. The van der Waals surface area contributed by atoms with Crippen LogP contribution in [0.15, 0.2) is 27.2 Å². The van der Waals surface area contributed by atoms with Gasteiger partial charge in [-0.05, 0) is 41.1 Å². The molecule has 1 heterocycles. The van der Waals surface area contributed by atoms with E-state index in [4.69, 9.17) is 10.3 Å². The Morgan fingerprint density at radius 2 is 2.20 bits per heavy atom. The molecule has 0 saturated heterocycles. The Morgan fingerprint density at radius 1 is 1.47 bits per heavy atom. The molecule has 0 atom stereocenters. The molecule has 2 rings (SSSR count). The van der Waals surface area contributed by atoms with Crippen molar-refractivity contribution in [3.05, 3.63) is 34.2 Å². The molecule has 0 amide bonds. The highest BCUT2D eigenvalue weighted by atomic mass is 79.9. The number of benzene rings is 1. The smallest absolute Gasteiger partial charge is 0.148 e. The van der Waals surface area contributed by atoms with Crippen molar-refractivity contribution in [3.8, 4) is 11.3 Å². The first-order valence-electron chi connectivity index (χ1n) is 4.26. The molecule has 0 saturated carbocycles. The fourth-order valence-electron chi connectivity index (χ4n) is 1.25. The van der Waals surface area contributed by atoms with Crippen molar-refractivity contribution in [1.29, 1.82) is 0 Å². The maximum Gasteiger partial charge on any atom is 0.148 e. The predicted molar refractivity (Wildman–Crippen MR) is 58.7 cm³/mol. The summed E-state index contributed by atoms with van der Waals surface area (Å²) in [5.74, 6) is 0.199. The van der Waals surface area contributed by atoms with E-state index in [2.05, 4.69) is 21.1 Å². The summed E-state index contributed by atoms with van der Waals surface area (Å²) in [5, 5.41) is 3.77. The molecule has 0 bridgehead atoms. The summed E-state index contributed by atoms with van der Waals surface area (Å²) in [5.41, 5.74) is 6.65. The van der Waals surface area contributed by atoms with E-state index < -0.39 is 5.82 Å². The molecular formula is C10H8BrFN2O. The molecule has 0 unspecified atom stereocenters. The summed E-state index contributed by atoms with van der Waals surface area (Å²) in [6.07, 6.45) is 0. The summed E-state index contributed by atoms with van der Waals surface area (Å²) >= 11 is 3.29. The fourth-order valence-corrected chi connectivity index (χ4v) is 1.61. The third-order valence-corrected chi connectivity index (χ3v) is 2.97. The van der Waals surface area contributed by atoms with Crippen LogP contribution in [0, 0.1) is 12.7 Å². The number of rotatable bonds is 1. The molecule has 0 spiro atoms. The minimum Gasteiger partial charge on any atom is -0.399 e. The van der Waals surface area contributed by atoms with Gasteiger partial charge in [-0.2, -0.15) is 0 Å². The highest BCUT2D eigenvalue weighted by Gasteiger charge is 2.15. The highest BCUT2D eigenvalue weighted by molar-refractivity contribution is 9.10. The molecule has 78 valence electrons. The first-order valence-corrected chi connectivity index (χ1v) is 5.06. The molecular weight excluding hydrogens is 263 g/mol. The number of halogens is 2. The van der Waals surface area contributed by atoms with Gasteiger partial charge in [-0.3, -0.25) is 0 Å². The third kappa shape index (κ3) is 1.74. The van der Waals surface area contributed by atoms with E-state index in [1.165, 1.54) is 6.07 Å². The zero-order valence-electron chi connectivity index (χ0n) is 7.92. The van der Waals surface area contributed by atoms with Gasteiger partial charge in [-0.25, -0.2) is 4.39 Å². The lowest BCUT2D eigenvalue weighted by Gasteiger charge is -2.00. The van der Waals surface area contributed by atoms with Crippen molar-refractivity contribution >= 4 is 21.6 Å². The molecule has 0 aliphatic carbocycles. The largest absolute Gasteiger partial charge is 0.399 e. The molecule has 5 heteroatoms. The van der Waals surface area contributed by atoms with Gasteiger partial charge in [0, 0.05) is 11.3 Å². The number of nitrogens with zero attached hydrogens (tertiary/aromatic N) is 1. The van der Waals surface area contributed by atoms with Crippen LogP contribution >= 0.6 is 15.9 Å². The summed E-state index contributed by atoms with van der Waals surface area (Å²) in [6.45, 7) is 1.75. The molecule has 1 aromatic heterocycles. The number of anilines is 1. The minimum atomic E-state index is -0.413. The standard InChI is InChI=1S/C10H8BrFN2O/c1-5-9(11)10(14-15-5)7-3-2-6(13)4-8(7)12/h2-4H,13H2,1H3. The van der Waals surface area contributed by atoms with Crippen LogP contribution in [0.3, 0.4) is 0 Å². The topological polar surface area (TPSA) is 52.0 Å². The number of hydrogen-bond donors (Lipinski definition) is 1. The Kier molecular flexibility index (Phi) is 2.48. The first kappa shape index (κ1) is 10.2. The summed E-state index contributed by atoms with van der Waals surface area (Å²) in [6, 6.07) is 4.45. The lowest BCUT2D eigenvalue weighted by molar-refractivity contribution is 0.398. The van der Waals surface area contributed by atoms with Gasteiger partial charge in [0.05, 0.1) is 4.47 Å². The zero-order chi connectivity index (χ0) is 11.0. The van der Waals surface area contributed by atoms with E-state index in [1.54, 1.807) is 19.1 Å². The van der Waals surface area contributed by atoms with E-state index in [9.17, 15) is 4.39 Å². The van der Waals surface area contributed by atoms with Crippen molar-refractivity contribution < 1.29 is 8.91 Å². The number of nitrogen functional groups attached to an aromatic ring is 1. The van der Waals surface area contributed by atoms with E-state index in [0.29, 0.717) is 27.2 Å². The molecule has 0 radical (unpaired) electrons. The van der Waals surface area contributed by atoms with Crippen molar-refractivity contribution in [2.45, 2.75) is 6.92 Å². The molecule has 0 aliphatic heterocycles. The van der Waals surface area contributed by atoms with Gasteiger partial charge in [0.1, 0.15) is 17.3 Å². The van der Waals surface area contributed by atoms with E-state index in [1.807, 2.05) is 0 Å². The molecule has 1 aromatic carbocycles. The average Bonchev–Trinajstić information content (AvgIpc) is 2.49. The summed E-state index contributed by atoms with van der Waals surface area (Å²) < 4.78 is 19.1. The van der Waals surface area contributed by atoms with Crippen molar-refractivity contribution in [1.82, 2.24) is 5.16 Å². The molecule has 3 nitrogen and oxygen atoms in total. The lowest BCUT2D eigenvalue weighted by Crippen LogP contribution is -1.89. The second-order valence-corrected chi connectivity index (χ2v) is 3.93. The van der Waals surface area contributed by atoms with Gasteiger partial charge < -0.3 is 10.3 Å². The zero-order valence-corrected chi connectivity index (χ0v) is 9.51. The van der Waals surface area contributed by atoms with E-state index in [0.717, 1.165) is 0 Å². The Bertz CT molecular complexity index is 510. The monoisotopic (exact) mass is 270 g/mol. The molecule has 2 N–H and O–H groups in total. The number of hydrogen-bond acceptors (Lipinski definition) is 3. The van der Waals surface area contributed by atoms with Gasteiger partial charge in [-0.1, -0.05) is 5.16 Å². The van der Waals surface area contributed by atoms with Crippen LogP contribution < -0.4 is 5.73 Å². The SMILES string of the molecule is Cc1onc(-c2ccc(N)cc2F)c1Br. The van der Waals surface area contributed by atoms with Crippen LogP contribution in [0.1, 0.15) is 5.76 Å². The van der Waals surface area contributed by atoms with E-state index in [-0.39, 0.29) is 0 Å². The Morgan fingerprint density at radius 3 is 2.73 bits per heavy atom. The van der Waals surface area contributed by atoms with Crippen molar-refractivity contribution in [2.75, 3.05) is 5.73 Å². The first-order chi connectivity index (χ1) is 7.09. The van der Waals surface area contributed by atoms with Gasteiger partial charge in [0.15, 0.2) is 0 Å².